The number of allylic oxidation sites excluding steroid dienone is 1. The van der Waals surface area contributed by atoms with Crippen molar-refractivity contribution in [2.75, 3.05) is 12.3 Å². The lowest BCUT2D eigenvalue weighted by Gasteiger charge is -1.99. The lowest BCUT2D eigenvalue weighted by atomic mass is 10.3. The topological polar surface area (TPSA) is 98.0 Å². The zero-order valence-electron chi connectivity index (χ0n) is 8.39. The molecule has 1 heterocycles. The predicted octanol–water partition coefficient (Wildman–Crippen LogP) is 0.365. The average molecular weight is 248 g/mol. The van der Waals surface area contributed by atoms with Crippen molar-refractivity contribution in [1.29, 1.82) is 0 Å². The third kappa shape index (κ3) is 3.57. The fourth-order valence-electron chi connectivity index (χ4n) is 0.746. The summed E-state index contributed by atoms with van der Waals surface area (Å²) in [4.78, 5) is 0. The van der Waals surface area contributed by atoms with E-state index in [1.165, 1.54) is 0 Å². The molecule has 0 bridgehead atoms. The van der Waals surface area contributed by atoms with Crippen molar-refractivity contribution in [3.05, 3.63) is 11.6 Å². The van der Waals surface area contributed by atoms with Crippen molar-refractivity contribution in [3.63, 3.8) is 0 Å². The van der Waals surface area contributed by atoms with Gasteiger partial charge >= 0.3 is 0 Å². The highest BCUT2D eigenvalue weighted by Crippen LogP contribution is 2.16. The summed E-state index contributed by atoms with van der Waals surface area (Å²) in [5.74, 6) is 0. The van der Waals surface area contributed by atoms with E-state index in [0.29, 0.717) is 0 Å². The first kappa shape index (κ1) is 12.1. The summed E-state index contributed by atoms with van der Waals surface area (Å²) >= 11 is 0.838. The monoisotopic (exact) mass is 248 g/mol. The number of aromatic nitrogens is 2. The van der Waals surface area contributed by atoms with E-state index in [1.807, 2.05) is 13.8 Å². The molecule has 0 unspecified atom stereocenters. The van der Waals surface area contributed by atoms with E-state index in [1.54, 1.807) is 6.08 Å². The van der Waals surface area contributed by atoms with E-state index >= 15 is 0 Å². The van der Waals surface area contributed by atoms with Gasteiger partial charge in [-0.2, -0.15) is 0 Å². The van der Waals surface area contributed by atoms with Gasteiger partial charge in [0.2, 0.25) is 9.47 Å². The number of nitrogen functional groups attached to an aromatic ring is 1. The Morgan fingerprint density at radius 3 is 2.67 bits per heavy atom. The van der Waals surface area contributed by atoms with Crippen LogP contribution in [0.5, 0.6) is 0 Å². The number of hydrogen-bond acceptors (Lipinski definition) is 6. The Kier molecular flexibility index (Phi) is 3.77. The minimum atomic E-state index is -3.56. The van der Waals surface area contributed by atoms with Crippen molar-refractivity contribution in [2.45, 2.75) is 18.2 Å². The van der Waals surface area contributed by atoms with Crippen LogP contribution in [0, 0.1) is 0 Å². The molecule has 0 aliphatic heterocycles. The quantitative estimate of drug-likeness (QED) is 0.750. The van der Waals surface area contributed by atoms with E-state index in [9.17, 15) is 8.42 Å². The molecule has 0 amide bonds. The number of nitrogens with one attached hydrogen (secondary N) is 1. The number of sulfonamides is 1. The van der Waals surface area contributed by atoms with Crippen molar-refractivity contribution in [3.8, 4) is 0 Å². The van der Waals surface area contributed by atoms with E-state index in [2.05, 4.69) is 14.9 Å². The smallest absolute Gasteiger partial charge is 0.270 e. The van der Waals surface area contributed by atoms with Gasteiger partial charge in [0.15, 0.2) is 0 Å². The van der Waals surface area contributed by atoms with Crippen LogP contribution in [0.4, 0.5) is 5.13 Å². The van der Waals surface area contributed by atoms with Crippen molar-refractivity contribution >= 4 is 26.5 Å². The van der Waals surface area contributed by atoms with E-state index in [-0.39, 0.29) is 16.0 Å². The molecule has 0 saturated carbocycles. The van der Waals surface area contributed by atoms with E-state index in [0.717, 1.165) is 16.9 Å². The molecule has 0 saturated heterocycles. The second-order valence-corrected chi connectivity index (χ2v) is 5.99. The number of hydrogen-bond donors (Lipinski definition) is 2. The van der Waals surface area contributed by atoms with Crippen molar-refractivity contribution < 1.29 is 8.42 Å². The number of nitrogens with zero attached hydrogens (tertiary/aromatic N) is 2. The highest BCUT2D eigenvalue weighted by molar-refractivity contribution is 7.91. The van der Waals surface area contributed by atoms with Crippen LogP contribution in [-0.2, 0) is 10.0 Å². The average Bonchev–Trinajstić information content (AvgIpc) is 2.51. The number of anilines is 1. The Morgan fingerprint density at radius 1 is 1.53 bits per heavy atom. The molecule has 6 nitrogen and oxygen atoms in total. The summed E-state index contributed by atoms with van der Waals surface area (Å²) in [5.41, 5.74) is 6.33. The highest BCUT2D eigenvalue weighted by Gasteiger charge is 2.18. The second-order valence-electron chi connectivity index (χ2n) is 3.04. The maximum absolute atomic E-state index is 11.5. The van der Waals surface area contributed by atoms with Crippen LogP contribution in [0.15, 0.2) is 16.0 Å². The minimum absolute atomic E-state index is 0.109. The molecular formula is C7H12N4O2S2. The van der Waals surface area contributed by atoms with E-state index in [4.69, 9.17) is 5.73 Å². The highest BCUT2D eigenvalue weighted by atomic mass is 32.2. The normalized spacial score (nSPS) is 11.3. The lowest BCUT2D eigenvalue weighted by molar-refractivity contribution is 0.583. The Balaban J connectivity index is 2.73. The fourth-order valence-corrected chi connectivity index (χ4v) is 2.53. The van der Waals surface area contributed by atoms with Gasteiger partial charge in [0.25, 0.3) is 10.0 Å². The molecule has 1 aromatic heterocycles. The largest absolute Gasteiger partial charge is 0.374 e. The summed E-state index contributed by atoms with van der Waals surface area (Å²) < 4.78 is 25.3. The predicted molar refractivity (Wildman–Crippen MR) is 58.9 cm³/mol. The number of nitrogens with two attached hydrogens (primary N) is 1. The van der Waals surface area contributed by atoms with Crippen LogP contribution in [0.1, 0.15) is 13.8 Å². The summed E-state index contributed by atoms with van der Waals surface area (Å²) in [6.45, 7) is 4.01. The second kappa shape index (κ2) is 4.69. The summed E-state index contributed by atoms with van der Waals surface area (Å²) in [5, 5.41) is 7.03. The van der Waals surface area contributed by atoms with Crippen LogP contribution < -0.4 is 10.5 Å². The number of rotatable bonds is 4. The third-order valence-electron chi connectivity index (χ3n) is 1.44. The molecule has 3 N–H and O–H groups in total. The van der Waals surface area contributed by atoms with Gasteiger partial charge in [0, 0.05) is 6.54 Å². The molecule has 0 aliphatic rings. The zero-order valence-corrected chi connectivity index (χ0v) is 10.0. The van der Waals surface area contributed by atoms with Crippen LogP contribution in [-0.4, -0.2) is 25.2 Å². The molecule has 84 valence electrons. The Hall–Kier alpha value is -0.990. The van der Waals surface area contributed by atoms with Gasteiger partial charge in [-0.3, -0.25) is 0 Å². The lowest BCUT2D eigenvalue weighted by Crippen LogP contribution is -2.23. The molecule has 1 rings (SSSR count). The third-order valence-corrected chi connectivity index (χ3v) is 3.98. The summed E-state index contributed by atoms with van der Waals surface area (Å²) in [6, 6.07) is 0. The summed E-state index contributed by atoms with van der Waals surface area (Å²) in [6.07, 6.45) is 1.77. The van der Waals surface area contributed by atoms with E-state index < -0.39 is 10.0 Å². The Labute approximate surface area is 92.3 Å². The fraction of sp³-hybridized carbons (Fsp3) is 0.429. The van der Waals surface area contributed by atoms with Crippen LogP contribution in [0.2, 0.25) is 0 Å². The molecule has 15 heavy (non-hydrogen) atoms. The first-order chi connectivity index (χ1) is 6.92. The van der Waals surface area contributed by atoms with Gasteiger partial charge in [-0.1, -0.05) is 23.0 Å². The molecule has 8 heteroatoms. The van der Waals surface area contributed by atoms with Crippen molar-refractivity contribution in [2.24, 2.45) is 0 Å². The molecule has 0 fully saturated rings. The molecule has 0 aliphatic carbocycles. The molecular weight excluding hydrogens is 236 g/mol. The van der Waals surface area contributed by atoms with Gasteiger partial charge in [-0.15, -0.1) is 10.2 Å². The maximum Gasteiger partial charge on any atom is 0.270 e. The standard InChI is InChI=1S/C7H12N4O2S2/c1-5(2)3-4-9-15(12,13)7-11-10-6(8)14-7/h3,9H,4H2,1-2H3,(H2,8,10). The Morgan fingerprint density at radius 2 is 2.20 bits per heavy atom. The minimum Gasteiger partial charge on any atom is -0.374 e. The first-order valence-electron chi connectivity index (χ1n) is 4.14. The molecule has 0 atom stereocenters. The first-order valence-corrected chi connectivity index (χ1v) is 6.44. The van der Waals surface area contributed by atoms with Gasteiger partial charge in [-0.05, 0) is 13.8 Å². The molecule has 1 aromatic rings. The van der Waals surface area contributed by atoms with Crippen molar-refractivity contribution in [1.82, 2.24) is 14.9 Å². The van der Waals surface area contributed by atoms with Crippen LogP contribution in [0.25, 0.3) is 0 Å². The van der Waals surface area contributed by atoms with Crippen LogP contribution in [0.3, 0.4) is 0 Å². The van der Waals surface area contributed by atoms with Gasteiger partial charge < -0.3 is 5.73 Å². The zero-order chi connectivity index (χ0) is 11.5. The SMILES string of the molecule is CC(C)=CCNS(=O)(=O)c1nnc(N)s1. The molecule has 0 radical (unpaired) electrons. The van der Waals surface area contributed by atoms with Gasteiger partial charge in [-0.25, -0.2) is 13.1 Å². The maximum atomic E-state index is 11.5. The molecule has 0 aromatic carbocycles. The Bertz CT molecular complexity index is 459. The van der Waals surface area contributed by atoms with Gasteiger partial charge in [0.05, 0.1) is 0 Å². The van der Waals surface area contributed by atoms with Crippen LogP contribution >= 0.6 is 11.3 Å². The summed E-state index contributed by atoms with van der Waals surface area (Å²) in [7, 11) is -3.56. The van der Waals surface area contributed by atoms with Gasteiger partial charge in [0.1, 0.15) is 0 Å². The molecule has 0 spiro atoms.